The lowest BCUT2D eigenvalue weighted by molar-refractivity contribution is -0.443. The summed E-state index contributed by atoms with van der Waals surface area (Å²) in [6, 6.07) is 1.63. The Hall–Kier alpha value is -2.62. The van der Waals surface area contributed by atoms with Gasteiger partial charge in [0.15, 0.2) is 0 Å². The molecule has 0 unspecified atom stereocenters. The number of hydrazine groups is 1. The third kappa shape index (κ3) is 6.24. The second kappa shape index (κ2) is 8.87. The number of nitrogens with zero attached hydrogens (tertiary/aromatic N) is 2. The molecule has 1 aromatic heterocycles. The Morgan fingerprint density at radius 2 is 1.92 bits per heavy atom. The van der Waals surface area contributed by atoms with Crippen molar-refractivity contribution in [3.05, 3.63) is 38.3 Å². The lowest BCUT2D eigenvalue weighted by Crippen LogP contribution is -2.48. The van der Waals surface area contributed by atoms with Crippen molar-refractivity contribution in [3.8, 4) is 0 Å². The number of rotatable bonds is 5. The number of nitro groups is 1. The van der Waals surface area contributed by atoms with Crippen LogP contribution in [0.1, 0.15) is 33.3 Å². The van der Waals surface area contributed by atoms with E-state index in [1.807, 2.05) is 5.43 Å². The van der Waals surface area contributed by atoms with Crippen molar-refractivity contribution in [1.82, 2.24) is 10.4 Å². The molecule has 1 rings (SSSR count). The van der Waals surface area contributed by atoms with Crippen LogP contribution in [0, 0.1) is 10.1 Å². The zero-order valence-corrected chi connectivity index (χ0v) is 14.5. The summed E-state index contributed by atoms with van der Waals surface area (Å²) < 4.78 is 9.80. The minimum atomic E-state index is -1.09. The molecule has 0 spiro atoms. The summed E-state index contributed by atoms with van der Waals surface area (Å²) >= 11 is 1.33. The number of hydrogen-bond acceptors (Lipinski definition) is 7. The maximum atomic E-state index is 12.1. The zero-order chi connectivity index (χ0) is 18.3. The largest absolute Gasteiger partial charge is 0.532 e. The van der Waals surface area contributed by atoms with Crippen LogP contribution in [-0.2, 0) is 9.47 Å². The number of carbonyl (C=O) groups is 2. The molecule has 1 heterocycles. The van der Waals surface area contributed by atoms with Gasteiger partial charge in [-0.25, -0.2) is 4.79 Å². The summed E-state index contributed by atoms with van der Waals surface area (Å²) in [5.74, 6) is -0.667. The van der Waals surface area contributed by atoms with Crippen molar-refractivity contribution in [2.45, 2.75) is 39.9 Å². The molecule has 0 aliphatic heterocycles. The molecule has 10 heteroatoms. The number of nitrogens with one attached hydrogen (secondary N) is 1. The van der Waals surface area contributed by atoms with E-state index < -0.39 is 35.1 Å². The maximum absolute atomic E-state index is 12.1. The van der Waals surface area contributed by atoms with Crippen molar-refractivity contribution in [3.63, 3.8) is 0 Å². The topological polar surface area (TPSA) is 111 Å². The number of thiophene rings is 1. The monoisotopic (exact) mass is 357 g/mol. The van der Waals surface area contributed by atoms with Crippen LogP contribution in [0.25, 0.3) is 6.08 Å². The predicted octanol–water partition coefficient (Wildman–Crippen LogP) is 3.22. The molecule has 0 bridgehead atoms. The van der Waals surface area contributed by atoms with E-state index in [1.165, 1.54) is 11.3 Å². The van der Waals surface area contributed by atoms with Gasteiger partial charge in [-0.15, -0.1) is 5.43 Å². The van der Waals surface area contributed by atoms with Crippen LogP contribution < -0.4 is 5.43 Å². The molecule has 0 aliphatic carbocycles. The van der Waals surface area contributed by atoms with Gasteiger partial charge in [-0.2, -0.15) is 16.1 Å². The maximum Gasteiger partial charge on any atom is 0.532 e. The van der Waals surface area contributed by atoms with E-state index in [1.54, 1.807) is 44.5 Å². The average molecular weight is 357 g/mol. The van der Waals surface area contributed by atoms with Gasteiger partial charge in [0.05, 0.1) is 6.10 Å². The van der Waals surface area contributed by atoms with Gasteiger partial charge in [0.2, 0.25) is 0 Å². The SMILES string of the molecule is CC(C)OC(=O)NN(C(=O)OC(C)C)/C(=C\c1ccsc1)[N+](=O)[O-]. The summed E-state index contributed by atoms with van der Waals surface area (Å²) in [6.45, 7) is 6.37. The van der Waals surface area contributed by atoms with Crippen LogP contribution >= 0.6 is 11.3 Å². The molecule has 0 saturated heterocycles. The Bertz CT molecular complexity index is 612. The molecule has 0 aromatic carbocycles. The first kappa shape index (κ1) is 19.4. The molecule has 132 valence electrons. The molecule has 24 heavy (non-hydrogen) atoms. The van der Waals surface area contributed by atoms with Gasteiger partial charge in [0, 0.05) is 6.08 Å². The van der Waals surface area contributed by atoms with Gasteiger partial charge in [0.25, 0.3) is 0 Å². The van der Waals surface area contributed by atoms with Crippen molar-refractivity contribution in [2.24, 2.45) is 0 Å². The molecule has 0 fully saturated rings. The van der Waals surface area contributed by atoms with Crippen molar-refractivity contribution in [2.75, 3.05) is 0 Å². The van der Waals surface area contributed by atoms with Crippen molar-refractivity contribution in [1.29, 1.82) is 0 Å². The molecule has 2 amide bonds. The van der Waals surface area contributed by atoms with Gasteiger partial charge in [-0.05, 0) is 60.0 Å². The van der Waals surface area contributed by atoms with Crippen LogP contribution in [-0.4, -0.2) is 34.3 Å². The van der Waals surface area contributed by atoms with Crippen LogP contribution in [0.3, 0.4) is 0 Å². The number of amides is 2. The Morgan fingerprint density at radius 3 is 2.38 bits per heavy atom. The van der Waals surface area contributed by atoms with E-state index in [-0.39, 0.29) is 0 Å². The summed E-state index contributed by atoms with van der Waals surface area (Å²) in [7, 11) is 0. The molecule has 9 nitrogen and oxygen atoms in total. The van der Waals surface area contributed by atoms with Crippen molar-refractivity contribution >= 4 is 29.6 Å². The first-order valence-corrected chi connectivity index (χ1v) is 8.01. The van der Waals surface area contributed by atoms with Gasteiger partial charge in [0.1, 0.15) is 6.10 Å². The summed E-state index contributed by atoms with van der Waals surface area (Å²) in [6.07, 6.45) is -1.95. The van der Waals surface area contributed by atoms with Crippen LogP contribution in [0.5, 0.6) is 0 Å². The quantitative estimate of drug-likeness (QED) is 0.640. The fraction of sp³-hybridized carbons (Fsp3) is 0.429. The highest BCUT2D eigenvalue weighted by Gasteiger charge is 2.35. The smallest absolute Gasteiger partial charge is 0.445 e. The third-order valence-corrected chi connectivity index (χ3v) is 3.02. The Morgan fingerprint density at radius 1 is 1.29 bits per heavy atom. The number of carbonyl (C=O) groups excluding carboxylic acids is 2. The lowest BCUT2D eigenvalue weighted by atomic mass is 10.3. The highest BCUT2D eigenvalue weighted by atomic mass is 32.1. The first-order chi connectivity index (χ1) is 11.2. The Kier molecular flexibility index (Phi) is 7.18. The van der Waals surface area contributed by atoms with E-state index in [0.29, 0.717) is 10.6 Å². The minimum Gasteiger partial charge on any atom is -0.445 e. The third-order valence-electron chi connectivity index (χ3n) is 2.32. The van der Waals surface area contributed by atoms with Crippen LogP contribution in [0.2, 0.25) is 0 Å². The standard InChI is InChI=1S/C14H19N3O6S/c1-9(2)22-13(18)15-16(14(19)23-10(3)4)12(17(20)21)7-11-5-6-24-8-11/h5-10H,1-4H3,(H,15,18)/b12-7+. The van der Waals surface area contributed by atoms with Gasteiger partial charge in [-0.1, -0.05) is 0 Å². The van der Waals surface area contributed by atoms with E-state index in [4.69, 9.17) is 9.47 Å². The van der Waals surface area contributed by atoms with E-state index in [9.17, 15) is 19.7 Å². The highest BCUT2D eigenvalue weighted by Crippen LogP contribution is 2.15. The molecule has 1 aromatic rings. The second-order valence-corrected chi connectivity index (χ2v) is 5.93. The summed E-state index contributed by atoms with van der Waals surface area (Å²) in [5.41, 5.74) is 2.55. The molecule has 0 aliphatic rings. The molecule has 0 atom stereocenters. The van der Waals surface area contributed by atoms with Gasteiger partial charge < -0.3 is 19.6 Å². The Labute approximate surface area is 143 Å². The van der Waals surface area contributed by atoms with Gasteiger partial charge >= 0.3 is 18.0 Å². The van der Waals surface area contributed by atoms with E-state index in [2.05, 4.69) is 0 Å². The van der Waals surface area contributed by atoms with Crippen LogP contribution in [0.15, 0.2) is 22.6 Å². The molecule has 0 radical (unpaired) electrons. The Balaban J connectivity index is 3.14. The molecular formula is C14H19N3O6S. The number of ether oxygens (including phenoxy) is 2. The van der Waals surface area contributed by atoms with Crippen molar-refractivity contribution < 1.29 is 24.0 Å². The average Bonchev–Trinajstić information content (AvgIpc) is 2.93. The zero-order valence-electron chi connectivity index (χ0n) is 13.7. The predicted molar refractivity (Wildman–Crippen MR) is 87.5 cm³/mol. The van der Waals surface area contributed by atoms with E-state index >= 15 is 0 Å². The fourth-order valence-corrected chi connectivity index (χ4v) is 2.11. The summed E-state index contributed by atoms with van der Waals surface area (Å²) in [5, 5.41) is 15.2. The summed E-state index contributed by atoms with van der Waals surface area (Å²) in [4.78, 5) is 34.5. The first-order valence-electron chi connectivity index (χ1n) is 7.07. The van der Waals surface area contributed by atoms with Crippen LogP contribution in [0.4, 0.5) is 9.59 Å². The molecule has 0 saturated carbocycles. The minimum absolute atomic E-state index is 0.419. The fourth-order valence-electron chi connectivity index (χ4n) is 1.49. The lowest BCUT2D eigenvalue weighted by Gasteiger charge is -2.18. The highest BCUT2D eigenvalue weighted by molar-refractivity contribution is 7.08. The number of hydrogen-bond donors (Lipinski definition) is 1. The normalized spacial score (nSPS) is 11.3. The van der Waals surface area contributed by atoms with Gasteiger partial charge in [-0.3, -0.25) is 0 Å². The second-order valence-electron chi connectivity index (χ2n) is 5.15. The molecule has 1 N–H and O–H groups in total. The van der Waals surface area contributed by atoms with E-state index in [0.717, 1.165) is 6.08 Å². The molecular weight excluding hydrogens is 338 g/mol.